The number of piperidine rings is 1. The van der Waals surface area contributed by atoms with Crippen LogP contribution in [0.4, 0.5) is 10.5 Å². The van der Waals surface area contributed by atoms with Gasteiger partial charge in [0.25, 0.3) is 0 Å². The molecule has 0 bridgehead atoms. The zero-order valence-electron chi connectivity index (χ0n) is 18.8. The van der Waals surface area contributed by atoms with Crippen LogP contribution in [0, 0.1) is 11.3 Å². The van der Waals surface area contributed by atoms with Gasteiger partial charge in [0.1, 0.15) is 5.60 Å². The average Bonchev–Trinajstić information content (AvgIpc) is 2.71. The maximum absolute atomic E-state index is 13.0. The Hall–Kier alpha value is -2.61. The van der Waals surface area contributed by atoms with Crippen molar-refractivity contribution in [3.63, 3.8) is 0 Å². The summed E-state index contributed by atoms with van der Waals surface area (Å²) in [6.07, 6.45) is 2.76. The van der Waals surface area contributed by atoms with E-state index < -0.39 is 11.0 Å². The number of ether oxygens (including phenoxy) is 1. The van der Waals surface area contributed by atoms with Crippen molar-refractivity contribution in [2.24, 2.45) is 11.3 Å². The van der Waals surface area contributed by atoms with Crippen LogP contribution in [-0.4, -0.2) is 46.7 Å². The van der Waals surface area contributed by atoms with Crippen LogP contribution in [0.2, 0.25) is 0 Å². The summed E-state index contributed by atoms with van der Waals surface area (Å²) >= 11 is 0. The monoisotopic (exact) mass is 431 g/mol. The summed E-state index contributed by atoms with van der Waals surface area (Å²) in [4.78, 5) is 38.7. The highest BCUT2D eigenvalue weighted by Crippen LogP contribution is 2.34. The molecule has 3 rings (SSSR count). The van der Waals surface area contributed by atoms with E-state index in [1.165, 1.54) is 0 Å². The Kier molecular flexibility index (Phi) is 6.59. The highest BCUT2D eigenvalue weighted by molar-refractivity contribution is 5.95. The summed E-state index contributed by atoms with van der Waals surface area (Å²) in [6, 6.07) is 5.80. The standard InChI is InChI=1S/C23H33N3O5/c1-22(2,3)31-21(29)26-11-9-23(4,10-12-26)20(28)24-18-8-7-15-5-6-16(19(27)25-30)13-17(15)14-18/h7-8,14,16,30H,5-6,9-13H2,1-4H3,(H,24,28)(H,25,27). The Morgan fingerprint density at radius 3 is 2.45 bits per heavy atom. The number of hydrogen-bond acceptors (Lipinski definition) is 5. The van der Waals surface area contributed by atoms with E-state index >= 15 is 0 Å². The topological polar surface area (TPSA) is 108 Å². The van der Waals surface area contributed by atoms with Gasteiger partial charge in [0, 0.05) is 24.7 Å². The SMILES string of the molecule is CC(C)(C)OC(=O)N1CCC(C)(C(=O)Nc2ccc3c(c2)CC(C(=O)NO)CC3)CC1. The molecular weight excluding hydrogens is 398 g/mol. The number of carbonyl (C=O) groups excluding carboxylic acids is 3. The normalized spacial score (nSPS) is 20.4. The molecule has 1 unspecified atom stereocenters. The summed E-state index contributed by atoms with van der Waals surface area (Å²) in [5.41, 5.74) is 3.50. The third-order valence-corrected chi connectivity index (χ3v) is 6.24. The van der Waals surface area contributed by atoms with Crippen molar-refractivity contribution in [3.8, 4) is 0 Å². The van der Waals surface area contributed by atoms with Gasteiger partial charge in [-0.15, -0.1) is 0 Å². The molecule has 0 aromatic heterocycles. The van der Waals surface area contributed by atoms with E-state index in [9.17, 15) is 14.4 Å². The molecule has 8 heteroatoms. The first kappa shape index (κ1) is 23.1. The summed E-state index contributed by atoms with van der Waals surface area (Å²) in [6.45, 7) is 8.38. The number of carbonyl (C=O) groups is 3. The van der Waals surface area contributed by atoms with Crippen LogP contribution in [0.15, 0.2) is 18.2 Å². The third-order valence-electron chi connectivity index (χ3n) is 6.24. The van der Waals surface area contributed by atoms with Crippen LogP contribution in [0.25, 0.3) is 0 Å². The first-order valence-corrected chi connectivity index (χ1v) is 10.9. The fourth-order valence-electron chi connectivity index (χ4n) is 4.17. The van der Waals surface area contributed by atoms with Crippen molar-refractivity contribution >= 4 is 23.6 Å². The molecule has 1 saturated heterocycles. The predicted molar refractivity (Wildman–Crippen MR) is 116 cm³/mol. The molecule has 0 saturated carbocycles. The van der Waals surface area contributed by atoms with Crippen LogP contribution < -0.4 is 10.8 Å². The first-order chi connectivity index (χ1) is 14.5. The van der Waals surface area contributed by atoms with Gasteiger partial charge < -0.3 is 15.0 Å². The molecule has 31 heavy (non-hydrogen) atoms. The lowest BCUT2D eigenvalue weighted by molar-refractivity contribution is -0.133. The van der Waals surface area contributed by atoms with E-state index in [1.54, 1.807) is 10.4 Å². The van der Waals surface area contributed by atoms with Gasteiger partial charge >= 0.3 is 6.09 Å². The minimum absolute atomic E-state index is 0.0725. The maximum atomic E-state index is 13.0. The van der Waals surface area contributed by atoms with Crippen LogP contribution >= 0.6 is 0 Å². The molecule has 1 aromatic rings. The van der Waals surface area contributed by atoms with Gasteiger partial charge in [-0.1, -0.05) is 13.0 Å². The minimum Gasteiger partial charge on any atom is -0.444 e. The smallest absolute Gasteiger partial charge is 0.410 e. The fraction of sp³-hybridized carbons (Fsp3) is 0.609. The predicted octanol–water partition coefficient (Wildman–Crippen LogP) is 3.27. The third kappa shape index (κ3) is 5.55. The minimum atomic E-state index is -0.576. The Morgan fingerprint density at radius 2 is 1.84 bits per heavy atom. The number of likely N-dealkylation sites (tertiary alicyclic amines) is 1. The molecule has 1 aliphatic heterocycles. The van der Waals surface area contributed by atoms with Crippen molar-refractivity contribution in [2.75, 3.05) is 18.4 Å². The molecule has 1 fully saturated rings. The number of benzene rings is 1. The van der Waals surface area contributed by atoms with E-state index in [0.29, 0.717) is 44.5 Å². The maximum Gasteiger partial charge on any atom is 0.410 e. The molecule has 3 N–H and O–H groups in total. The molecule has 2 aliphatic rings. The molecule has 8 nitrogen and oxygen atoms in total. The highest BCUT2D eigenvalue weighted by Gasteiger charge is 2.39. The van der Waals surface area contributed by atoms with E-state index in [4.69, 9.17) is 9.94 Å². The second kappa shape index (κ2) is 8.86. The van der Waals surface area contributed by atoms with Crippen LogP contribution in [0.1, 0.15) is 58.1 Å². The zero-order chi connectivity index (χ0) is 22.8. The summed E-state index contributed by atoms with van der Waals surface area (Å²) in [5.74, 6) is -0.709. The van der Waals surface area contributed by atoms with Crippen molar-refractivity contribution in [1.82, 2.24) is 10.4 Å². The number of nitrogens with zero attached hydrogens (tertiary/aromatic N) is 1. The van der Waals surface area contributed by atoms with Crippen molar-refractivity contribution in [2.45, 2.75) is 65.4 Å². The lowest BCUT2D eigenvalue weighted by Gasteiger charge is -2.38. The van der Waals surface area contributed by atoms with Gasteiger partial charge in [-0.25, -0.2) is 10.3 Å². The Morgan fingerprint density at radius 1 is 1.16 bits per heavy atom. The Bertz CT molecular complexity index is 853. The second-order valence-corrected chi connectivity index (χ2v) is 9.88. The number of hydroxylamine groups is 1. The molecule has 1 atom stereocenters. The van der Waals surface area contributed by atoms with E-state index in [0.717, 1.165) is 17.5 Å². The molecule has 3 amide bonds. The Labute approximate surface area is 183 Å². The Balaban J connectivity index is 1.61. The van der Waals surface area contributed by atoms with Crippen LogP contribution in [-0.2, 0) is 27.2 Å². The highest BCUT2D eigenvalue weighted by atomic mass is 16.6. The summed E-state index contributed by atoms with van der Waals surface area (Å²) < 4.78 is 5.43. The number of aryl methyl sites for hydroxylation is 1. The summed E-state index contributed by atoms with van der Waals surface area (Å²) in [7, 11) is 0. The first-order valence-electron chi connectivity index (χ1n) is 10.9. The molecule has 1 aromatic carbocycles. The lowest BCUT2D eigenvalue weighted by atomic mass is 9.79. The van der Waals surface area contributed by atoms with E-state index in [2.05, 4.69) is 5.32 Å². The number of rotatable bonds is 3. The number of hydrogen-bond donors (Lipinski definition) is 3. The van der Waals surface area contributed by atoms with Gasteiger partial charge in [-0.3, -0.25) is 14.8 Å². The molecular formula is C23H33N3O5. The molecule has 1 heterocycles. The summed E-state index contributed by atoms with van der Waals surface area (Å²) in [5, 5.41) is 11.9. The van der Waals surface area contributed by atoms with Gasteiger partial charge in [0.2, 0.25) is 11.8 Å². The van der Waals surface area contributed by atoms with Gasteiger partial charge in [-0.2, -0.15) is 0 Å². The molecule has 1 aliphatic carbocycles. The molecule has 0 spiro atoms. The largest absolute Gasteiger partial charge is 0.444 e. The van der Waals surface area contributed by atoms with Crippen molar-refractivity contribution < 1.29 is 24.3 Å². The van der Waals surface area contributed by atoms with Crippen LogP contribution in [0.3, 0.4) is 0 Å². The number of nitrogens with one attached hydrogen (secondary N) is 2. The fourth-order valence-corrected chi connectivity index (χ4v) is 4.17. The molecule has 170 valence electrons. The zero-order valence-corrected chi connectivity index (χ0v) is 18.8. The van der Waals surface area contributed by atoms with E-state index in [-0.39, 0.29) is 23.8 Å². The second-order valence-electron chi connectivity index (χ2n) is 9.88. The molecule has 0 radical (unpaired) electrons. The van der Waals surface area contributed by atoms with E-state index in [1.807, 2.05) is 45.9 Å². The lowest BCUT2D eigenvalue weighted by Crippen LogP contribution is -2.48. The van der Waals surface area contributed by atoms with Gasteiger partial charge in [0.15, 0.2) is 0 Å². The van der Waals surface area contributed by atoms with Gasteiger partial charge in [-0.05, 0) is 76.1 Å². The van der Waals surface area contributed by atoms with Crippen LogP contribution in [0.5, 0.6) is 0 Å². The number of amides is 3. The average molecular weight is 432 g/mol. The number of anilines is 1. The van der Waals surface area contributed by atoms with Crippen molar-refractivity contribution in [3.05, 3.63) is 29.3 Å². The quantitative estimate of drug-likeness (QED) is 0.503. The van der Waals surface area contributed by atoms with Gasteiger partial charge in [0.05, 0.1) is 5.41 Å². The number of fused-ring (bicyclic) bond motifs is 1. The van der Waals surface area contributed by atoms with Crippen molar-refractivity contribution in [1.29, 1.82) is 0 Å².